The van der Waals surface area contributed by atoms with E-state index in [1.807, 2.05) is 32.0 Å². The molecule has 0 bridgehead atoms. The molecular weight excluding hydrogens is 350 g/mol. The fraction of sp³-hybridized carbons (Fsp3) is 0.333. The van der Waals surface area contributed by atoms with E-state index < -0.39 is 17.5 Å². The van der Waals surface area contributed by atoms with Crippen molar-refractivity contribution < 1.29 is 18.4 Å². The van der Waals surface area contributed by atoms with Gasteiger partial charge < -0.3 is 10.2 Å². The number of halogens is 2. The second-order valence-corrected chi connectivity index (χ2v) is 6.96. The fourth-order valence-corrected chi connectivity index (χ4v) is 3.22. The topological polar surface area (TPSA) is 49.4 Å². The Morgan fingerprint density at radius 1 is 1.00 bits per heavy atom. The Kier molecular flexibility index (Phi) is 5.54. The lowest BCUT2D eigenvalue weighted by molar-refractivity contribution is 0.0698. The number of carbonyl (C=O) groups excluding carboxylic acids is 2. The number of benzene rings is 2. The summed E-state index contributed by atoms with van der Waals surface area (Å²) in [6.07, 6.45) is 1.18. The van der Waals surface area contributed by atoms with Crippen molar-refractivity contribution in [2.24, 2.45) is 0 Å². The van der Waals surface area contributed by atoms with Crippen molar-refractivity contribution in [3.63, 3.8) is 0 Å². The average molecular weight is 372 g/mol. The molecule has 1 fully saturated rings. The third-order valence-corrected chi connectivity index (χ3v) is 5.05. The number of carbonyl (C=O) groups is 2. The summed E-state index contributed by atoms with van der Waals surface area (Å²) in [4.78, 5) is 26.6. The minimum atomic E-state index is -0.880. The molecule has 2 aromatic carbocycles. The van der Waals surface area contributed by atoms with Crippen molar-refractivity contribution in [3.8, 4) is 0 Å². The van der Waals surface area contributed by atoms with Gasteiger partial charge >= 0.3 is 0 Å². The Bertz CT molecular complexity index is 874. The molecule has 0 radical (unpaired) electrons. The number of amides is 2. The normalized spacial score (nSPS) is 14.9. The SMILES string of the molecule is Cc1ccc(C(=O)N2CCC(NC(=O)c3ccc(F)cc3F)CC2)cc1C. The molecule has 1 aliphatic heterocycles. The molecule has 6 heteroatoms. The smallest absolute Gasteiger partial charge is 0.254 e. The molecule has 27 heavy (non-hydrogen) atoms. The van der Waals surface area contributed by atoms with Crippen molar-refractivity contribution >= 4 is 11.8 Å². The van der Waals surface area contributed by atoms with Gasteiger partial charge in [-0.2, -0.15) is 0 Å². The van der Waals surface area contributed by atoms with Gasteiger partial charge in [-0.1, -0.05) is 6.07 Å². The first-order chi connectivity index (χ1) is 12.8. The second kappa shape index (κ2) is 7.86. The lowest BCUT2D eigenvalue weighted by Crippen LogP contribution is -2.46. The van der Waals surface area contributed by atoms with Gasteiger partial charge in [0.05, 0.1) is 5.56 Å². The maximum absolute atomic E-state index is 13.7. The van der Waals surface area contributed by atoms with E-state index in [0.29, 0.717) is 37.6 Å². The van der Waals surface area contributed by atoms with Crippen LogP contribution in [-0.4, -0.2) is 35.8 Å². The lowest BCUT2D eigenvalue weighted by Gasteiger charge is -2.32. The number of likely N-dealkylation sites (tertiary alicyclic amines) is 1. The number of hydrogen-bond acceptors (Lipinski definition) is 2. The molecule has 142 valence electrons. The van der Waals surface area contributed by atoms with Crippen LogP contribution in [0.3, 0.4) is 0 Å². The van der Waals surface area contributed by atoms with Gasteiger partial charge in [0.25, 0.3) is 11.8 Å². The largest absolute Gasteiger partial charge is 0.349 e. The standard InChI is InChI=1S/C21H22F2N2O2/c1-13-3-4-15(11-14(13)2)21(27)25-9-7-17(8-10-25)24-20(26)18-6-5-16(22)12-19(18)23/h3-6,11-12,17H,7-10H2,1-2H3,(H,24,26). The quantitative estimate of drug-likeness (QED) is 0.895. The van der Waals surface area contributed by atoms with E-state index in [2.05, 4.69) is 5.32 Å². The predicted octanol–water partition coefficient (Wildman–Crippen LogP) is 3.62. The first-order valence-electron chi connectivity index (χ1n) is 8.97. The van der Waals surface area contributed by atoms with Gasteiger partial charge in [-0.25, -0.2) is 8.78 Å². The molecule has 0 aromatic heterocycles. The van der Waals surface area contributed by atoms with Gasteiger partial charge in [0.2, 0.25) is 0 Å². The lowest BCUT2D eigenvalue weighted by atomic mass is 10.0. The predicted molar refractivity (Wildman–Crippen MR) is 98.7 cm³/mol. The zero-order chi connectivity index (χ0) is 19.6. The average Bonchev–Trinajstić information content (AvgIpc) is 2.64. The maximum Gasteiger partial charge on any atom is 0.254 e. The van der Waals surface area contributed by atoms with Crippen LogP contribution >= 0.6 is 0 Å². The van der Waals surface area contributed by atoms with E-state index in [-0.39, 0.29) is 17.5 Å². The van der Waals surface area contributed by atoms with Gasteiger partial charge in [0.1, 0.15) is 11.6 Å². The summed E-state index contributed by atoms with van der Waals surface area (Å²) in [5, 5.41) is 2.77. The minimum Gasteiger partial charge on any atom is -0.349 e. The summed E-state index contributed by atoms with van der Waals surface area (Å²) >= 11 is 0. The van der Waals surface area contributed by atoms with Crippen molar-refractivity contribution in [2.75, 3.05) is 13.1 Å². The van der Waals surface area contributed by atoms with Crippen LogP contribution in [0, 0.1) is 25.5 Å². The highest BCUT2D eigenvalue weighted by Gasteiger charge is 2.25. The molecule has 0 aliphatic carbocycles. The maximum atomic E-state index is 13.7. The molecule has 0 spiro atoms. The van der Waals surface area contributed by atoms with E-state index in [0.717, 1.165) is 23.3 Å². The molecule has 2 amide bonds. The summed E-state index contributed by atoms with van der Waals surface area (Å²) in [7, 11) is 0. The Balaban J connectivity index is 1.57. The monoisotopic (exact) mass is 372 g/mol. The van der Waals surface area contributed by atoms with Crippen LogP contribution in [0.25, 0.3) is 0 Å². The summed E-state index contributed by atoms with van der Waals surface area (Å²) in [6.45, 7) is 5.01. The van der Waals surface area contributed by atoms with Gasteiger partial charge in [0, 0.05) is 30.8 Å². The van der Waals surface area contributed by atoms with Gasteiger partial charge in [-0.05, 0) is 62.1 Å². The Hall–Kier alpha value is -2.76. The number of piperidine rings is 1. The van der Waals surface area contributed by atoms with E-state index in [1.165, 1.54) is 0 Å². The van der Waals surface area contributed by atoms with E-state index >= 15 is 0 Å². The zero-order valence-corrected chi connectivity index (χ0v) is 15.4. The number of nitrogens with zero attached hydrogens (tertiary/aromatic N) is 1. The van der Waals surface area contributed by atoms with E-state index in [4.69, 9.17) is 0 Å². The summed E-state index contributed by atoms with van der Waals surface area (Å²) in [5.74, 6) is -2.18. The zero-order valence-electron chi connectivity index (χ0n) is 15.4. The van der Waals surface area contributed by atoms with Crippen LogP contribution in [0.1, 0.15) is 44.7 Å². The fourth-order valence-electron chi connectivity index (χ4n) is 3.22. The molecule has 0 saturated carbocycles. The molecule has 0 unspecified atom stereocenters. The molecule has 4 nitrogen and oxygen atoms in total. The van der Waals surface area contributed by atoms with Crippen molar-refractivity contribution in [3.05, 3.63) is 70.3 Å². The van der Waals surface area contributed by atoms with Crippen LogP contribution in [0.4, 0.5) is 8.78 Å². The van der Waals surface area contributed by atoms with Gasteiger partial charge in [-0.3, -0.25) is 9.59 Å². The molecular formula is C21H22F2N2O2. The molecule has 1 heterocycles. The minimum absolute atomic E-state index is 0.0209. The number of hydrogen-bond donors (Lipinski definition) is 1. The highest BCUT2D eigenvalue weighted by atomic mass is 19.1. The van der Waals surface area contributed by atoms with Crippen LogP contribution in [0.2, 0.25) is 0 Å². The van der Waals surface area contributed by atoms with E-state index in [9.17, 15) is 18.4 Å². The van der Waals surface area contributed by atoms with Crippen LogP contribution in [-0.2, 0) is 0 Å². The summed E-state index contributed by atoms with van der Waals surface area (Å²) in [5.41, 5.74) is 2.70. The van der Waals surface area contributed by atoms with Gasteiger partial charge in [-0.15, -0.1) is 0 Å². The van der Waals surface area contributed by atoms with Crippen LogP contribution < -0.4 is 5.32 Å². The summed E-state index contributed by atoms with van der Waals surface area (Å²) in [6, 6.07) is 8.40. The van der Waals surface area contributed by atoms with Crippen LogP contribution in [0.15, 0.2) is 36.4 Å². The van der Waals surface area contributed by atoms with Crippen molar-refractivity contribution in [1.82, 2.24) is 10.2 Å². The third kappa shape index (κ3) is 4.32. The Morgan fingerprint density at radius 2 is 1.70 bits per heavy atom. The molecule has 1 aliphatic rings. The van der Waals surface area contributed by atoms with Crippen LogP contribution in [0.5, 0.6) is 0 Å². The summed E-state index contributed by atoms with van der Waals surface area (Å²) < 4.78 is 26.7. The first-order valence-corrected chi connectivity index (χ1v) is 8.97. The highest BCUT2D eigenvalue weighted by Crippen LogP contribution is 2.17. The Labute approximate surface area is 157 Å². The molecule has 1 N–H and O–H groups in total. The van der Waals surface area contributed by atoms with Crippen molar-refractivity contribution in [1.29, 1.82) is 0 Å². The van der Waals surface area contributed by atoms with Crippen molar-refractivity contribution in [2.45, 2.75) is 32.7 Å². The first kappa shape index (κ1) is 19.0. The third-order valence-electron chi connectivity index (χ3n) is 5.05. The molecule has 0 atom stereocenters. The van der Waals surface area contributed by atoms with Gasteiger partial charge in [0.15, 0.2) is 0 Å². The molecule has 3 rings (SSSR count). The van der Waals surface area contributed by atoms with E-state index in [1.54, 1.807) is 4.90 Å². The number of aryl methyl sites for hydroxylation is 2. The highest BCUT2D eigenvalue weighted by molar-refractivity contribution is 5.95. The molecule has 2 aromatic rings. The number of nitrogens with one attached hydrogen (secondary N) is 1. The molecule has 1 saturated heterocycles. The number of rotatable bonds is 3. The Morgan fingerprint density at radius 3 is 2.33 bits per heavy atom. The second-order valence-electron chi connectivity index (χ2n) is 6.96.